The largest absolute Gasteiger partial charge is 0.345 e. The summed E-state index contributed by atoms with van der Waals surface area (Å²) >= 11 is 1.19. The molecular formula is C20H19F2N3O3S2. The van der Waals surface area contributed by atoms with Gasteiger partial charge in [-0.1, -0.05) is 29.0 Å². The standard InChI is InChI=1S/C20H19F2N3O3S2/c1-13-2-4-15(5-3-13)30(27,28)12-18(26)24-6-8-25(9-7-24)20-23-19-16(22)10-14(21)11-17(19)29-20/h2-5,10-11H,6-9,12H2,1H3. The van der Waals surface area contributed by atoms with E-state index in [1.54, 1.807) is 12.1 Å². The number of sulfone groups is 1. The molecule has 6 nitrogen and oxygen atoms in total. The minimum Gasteiger partial charge on any atom is -0.345 e. The lowest BCUT2D eigenvalue weighted by Crippen LogP contribution is -2.50. The first-order valence-corrected chi connectivity index (χ1v) is 11.8. The summed E-state index contributed by atoms with van der Waals surface area (Å²) < 4.78 is 52.7. The van der Waals surface area contributed by atoms with E-state index in [1.807, 2.05) is 11.8 Å². The van der Waals surface area contributed by atoms with Crippen LogP contribution in [0.4, 0.5) is 13.9 Å². The monoisotopic (exact) mass is 451 g/mol. The van der Waals surface area contributed by atoms with Crippen molar-refractivity contribution in [3.8, 4) is 0 Å². The normalized spacial score (nSPS) is 15.0. The third-order valence-electron chi connectivity index (χ3n) is 5.00. The van der Waals surface area contributed by atoms with Crippen molar-refractivity contribution in [2.24, 2.45) is 0 Å². The van der Waals surface area contributed by atoms with Gasteiger partial charge in [0.05, 0.1) is 9.60 Å². The molecule has 0 atom stereocenters. The van der Waals surface area contributed by atoms with Gasteiger partial charge < -0.3 is 9.80 Å². The summed E-state index contributed by atoms with van der Waals surface area (Å²) in [6.45, 7) is 3.38. The Labute approximate surface area is 176 Å². The Bertz CT molecular complexity index is 1200. The molecule has 0 spiro atoms. The number of thiazole rings is 1. The summed E-state index contributed by atoms with van der Waals surface area (Å²) in [6, 6.07) is 8.45. The lowest BCUT2D eigenvalue weighted by Gasteiger charge is -2.34. The molecule has 30 heavy (non-hydrogen) atoms. The first-order chi connectivity index (χ1) is 14.2. The number of anilines is 1. The van der Waals surface area contributed by atoms with Gasteiger partial charge in [0.15, 0.2) is 20.8 Å². The number of hydrogen-bond donors (Lipinski definition) is 0. The molecule has 0 radical (unpaired) electrons. The fourth-order valence-corrected chi connectivity index (χ4v) is 5.59. The number of rotatable bonds is 4. The molecule has 10 heteroatoms. The Morgan fingerprint density at radius 1 is 1.10 bits per heavy atom. The maximum absolute atomic E-state index is 13.9. The zero-order valence-corrected chi connectivity index (χ0v) is 17.8. The van der Waals surface area contributed by atoms with Crippen molar-refractivity contribution < 1.29 is 22.0 Å². The lowest BCUT2D eigenvalue weighted by molar-refractivity contribution is -0.128. The Hall–Kier alpha value is -2.59. The molecule has 1 aliphatic rings. The van der Waals surface area contributed by atoms with E-state index in [4.69, 9.17) is 0 Å². The second kappa shape index (κ2) is 7.92. The number of fused-ring (bicyclic) bond motifs is 1. The molecule has 1 aromatic heterocycles. The third kappa shape index (κ3) is 4.15. The van der Waals surface area contributed by atoms with E-state index in [1.165, 1.54) is 34.4 Å². The molecule has 0 bridgehead atoms. The summed E-state index contributed by atoms with van der Waals surface area (Å²) in [7, 11) is -3.71. The highest BCUT2D eigenvalue weighted by molar-refractivity contribution is 7.92. The van der Waals surface area contributed by atoms with E-state index in [0.717, 1.165) is 11.6 Å². The zero-order chi connectivity index (χ0) is 21.5. The maximum atomic E-state index is 13.9. The van der Waals surface area contributed by atoms with Gasteiger partial charge in [-0.15, -0.1) is 0 Å². The van der Waals surface area contributed by atoms with Gasteiger partial charge in [-0.3, -0.25) is 4.79 Å². The molecule has 1 fully saturated rings. The summed E-state index contributed by atoms with van der Waals surface area (Å²) in [5.74, 6) is -2.39. The number of aromatic nitrogens is 1. The van der Waals surface area contributed by atoms with E-state index in [0.29, 0.717) is 36.0 Å². The number of benzene rings is 2. The van der Waals surface area contributed by atoms with Gasteiger partial charge in [0.1, 0.15) is 17.1 Å². The number of carbonyl (C=O) groups is 1. The SMILES string of the molecule is Cc1ccc(S(=O)(=O)CC(=O)N2CCN(c3nc4c(F)cc(F)cc4s3)CC2)cc1. The van der Waals surface area contributed by atoms with Gasteiger partial charge in [0, 0.05) is 32.2 Å². The van der Waals surface area contributed by atoms with Crippen molar-refractivity contribution in [1.29, 1.82) is 0 Å². The molecule has 0 N–H and O–H groups in total. The number of amides is 1. The molecule has 0 unspecified atom stereocenters. The zero-order valence-electron chi connectivity index (χ0n) is 16.1. The molecule has 2 heterocycles. The van der Waals surface area contributed by atoms with E-state index in [2.05, 4.69) is 4.98 Å². The Morgan fingerprint density at radius 3 is 2.43 bits per heavy atom. The molecule has 0 aliphatic carbocycles. The van der Waals surface area contributed by atoms with E-state index >= 15 is 0 Å². The van der Waals surface area contributed by atoms with Crippen LogP contribution in [0.5, 0.6) is 0 Å². The average Bonchev–Trinajstić information content (AvgIpc) is 3.12. The number of halogens is 2. The van der Waals surface area contributed by atoms with Gasteiger partial charge in [0.2, 0.25) is 5.91 Å². The number of nitrogens with zero attached hydrogens (tertiary/aromatic N) is 3. The van der Waals surface area contributed by atoms with Crippen molar-refractivity contribution in [3.63, 3.8) is 0 Å². The number of hydrogen-bond acceptors (Lipinski definition) is 6. The van der Waals surface area contributed by atoms with Crippen molar-refractivity contribution in [2.45, 2.75) is 11.8 Å². The predicted molar refractivity (Wildman–Crippen MR) is 112 cm³/mol. The van der Waals surface area contributed by atoms with Crippen molar-refractivity contribution in [1.82, 2.24) is 9.88 Å². The molecule has 4 rings (SSSR count). The van der Waals surface area contributed by atoms with E-state index in [9.17, 15) is 22.0 Å². The van der Waals surface area contributed by atoms with Crippen LogP contribution in [0, 0.1) is 18.6 Å². The topological polar surface area (TPSA) is 70.6 Å². The van der Waals surface area contributed by atoms with Crippen LogP contribution in [0.1, 0.15) is 5.56 Å². The van der Waals surface area contributed by atoms with Gasteiger partial charge in [-0.25, -0.2) is 22.2 Å². The van der Waals surface area contributed by atoms with Crippen LogP contribution < -0.4 is 4.90 Å². The fraction of sp³-hybridized carbons (Fsp3) is 0.300. The molecular weight excluding hydrogens is 432 g/mol. The molecule has 1 aliphatic heterocycles. The van der Waals surface area contributed by atoms with Crippen molar-refractivity contribution >= 4 is 42.4 Å². The van der Waals surface area contributed by atoms with Crippen LogP contribution >= 0.6 is 11.3 Å². The van der Waals surface area contributed by atoms with Crippen LogP contribution in [0.3, 0.4) is 0 Å². The smallest absolute Gasteiger partial charge is 0.238 e. The Morgan fingerprint density at radius 2 is 1.77 bits per heavy atom. The van der Waals surface area contributed by atoms with E-state index in [-0.39, 0.29) is 10.4 Å². The molecule has 1 saturated heterocycles. The fourth-order valence-electron chi connectivity index (χ4n) is 3.31. The number of carbonyl (C=O) groups excluding carboxylic acids is 1. The molecule has 1 amide bonds. The first-order valence-electron chi connectivity index (χ1n) is 9.31. The Balaban J connectivity index is 1.41. The quantitative estimate of drug-likeness (QED) is 0.610. The van der Waals surface area contributed by atoms with Crippen LogP contribution in [-0.2, 0) is 14.6 Å². The highest BCUT2D eigenvalue weighted by atomic mass is 32.2. The van der Waals surface area contributed by atoms with Crippen LogP contribution in [0.15, 0.2) is 41.3 Å². The average molecular weight is 452 g/mol. The van der Waals surface area contributed by atoms with Gasteiger partial charge >= 0.3 is 0 Å². The van der Waals surface area contributed by atoms with Crippen LogP contribution in [-0.4, -0.2) is 56.1 Å². The highest BCUT2D eigenvalue weighted by Gasteiger charge is 2.27. The first kappa shape index (κ1) is 20.7. The number of aryl methyl sites for hydroxylation is 1. The van der Waals surface area contributed by atoms with Crippen LogP contribution in [0.25, 0.3) is 10.2 Å². The summed E-state index contributed by atoms with van der Waals surface area (Å²) in [5, 5.41) is 0.550. The molecule has 2 aromatic carbocycles. The molecule has 158 valence electrons. The van der Waals surface area contributed by atoms with Crippen molar-refractivity contribution in [2.75, 3.05) is 36.8 Å². The van der Waals surface area contributed by atoms with Gasteiger partial charge in [-0.05, 0) is 25.1 Å². The minimum atomic E-state index is -3.71. The highest BCUT2D eigenvalue weighted by Crippen LogP contribution is 2.31. The molecule has 0 saturated carbocycles. The van der Waals surface area contributed by atoms with Gasteiger partial charge in [-0.2, -0.15) is 0 Å². The summed E-state index contributed by atoms with van der Waals surface area (Å²) in [4.78, 5) is 20.3. The second-order valence-corrected chi connectivity index (χ2v) is 10.2. The van der Waals surface area contributed by atoms with E-state index < -0.39 is 33.1 Å². The van der Waals surface area contributed by atoms with Gasteiger partial charge in [0.25, 0.3) is 0 Å². The van der Waals surface area contributed by atoms with Crippen LogP contribution in [0.2, 0.25) is 0 Å². The Kier molecular flexibility index (Phi) is 5.46. The minimum absolute atomic E-state index is 0.124. The summed E-state index contributed by atoms with van der Waals surface area (Å²) in [5.41, 5.74) is 1.06. The lowest BCUT2D eigenvalue weighted by atomic mass is 10.2. The second-order valence-electron chi connectivity index (χ2n) is 7.17. The maximum Gasteiger partial charge on any atom is 0.238 e. The number of piperazine rings is 1. The van der Waals surface area contributed by atoms with Crippen molar-refractivity contribution in [3.05, 3.63) is 53.6 Å². The predicted octanol–water partition coefficient (Wildman–Crippen LogP) is 3.01. The third-order valence-corrected chi connectivity index (χ3v) is 7.68. The summed E-state index contributed by atoms with van der Waals surface area (Å²) in [6.07, 6.45) is 0. The molecule has 3 aromatic rings.